The monoisotopic (exact) mass is 298 g/mol. The Morgan fingerprint density at radius 3 is 3.06 bits per heavy atom. The Hall–Kier alpha value is -0.940. The number of carbonyl (C=O) groups is 1. The topological polar surface area (TPSA) is 42.4 Å². The van der Waals surface area contributed by atoms with Crippen molar-refractivity contribution in [2.45, 2.75) is 18.9 Å². The van der Waals surface area contributed by atoms with Crippen LogP contribution in [0.4, 0.5) is 0 Å². The number of hydrogen-bond donors (Lipinski definition) is 0. The van der Waals surface area contributed by atoms with Gasteiger partial charge in [0.1, 0.15) is 5.69 Å². The summed E-state index contributed by atoms with van der Waals surface area (Å²) in [6.07, 6.45) is 3.93. The summed E-state index contributed by atoms with van der Waals surface area (Å²) in [4.78, 5) is 17.8. The number of aromatic nitrogens is 1. The summed E-state index contributed by atoms with van der Waals surface area (Å²) in [5.74, 6) is -0.0620. The average molecular weight is 299 g/mol. The number of ether oxygens (including phenoxy) is 1. The molecule has 0 spiro atoms. The lowest BCUT2D eigenvalue weighted by Gasteiger charge is -2.20. The Labute approximate surface area is 109 Å². The fourth-order valence-corrected chi connectivity index (χ4v) is 2.11. The standard InChI is InChI=1S/C12H15BrN2O2/c1-15(8-10-3-2-6-17-10)12(16)11-5-4-9(13)7-14-11/h4-5,7,10H,2-3,6,8H2,1H3. The minimum Gasteiger partial charge on any atom is -0.376 e. The SMILES string of the molecule is CN(CC1CCCO1)C(=O)c1ccc(Br)cn1. The van der Waals surface area contributed by atoms with Gasteiger partial charge in [-0.2, -0.15) is 0 Å². The zero-order valence-corrected chi connectivity index (χ0v) is 11.3. The molecule has 0 N–H and O–H groups in total. The number of carbonyl (C=O) groups excluding carboxylic acids is 1. The first-order valence-electron chi connectivity index (χ1n) is 5.65. The van der Waals surface area contributed by atoms with Gasteiger partial charge in [0.05, 0.1) is 6.10 Å². The van der Waals surface area contributed by atoms with Gasteiger partial charge in [0.15, 0.2) is 0 Å². The van der Waals surface area contributed by atoms with Crippen LogP contribution in [0, 0.1) is 0 Å². The molecule has 1 fully saturated rings. The van der Waals surface area contributed by atoms with Crippen molar-refractivity contribution < 1.29 is 9.53 Å². The summed E-state index contributed by atoms with van der Waals surface area (Å²) < 4.78 is 6.38. The molecule has 0 aliphatic carbocycles. The molecular weight excluding hydrogens is 284 g/mol. The second-order valence-corrected chi connectivity index (χ2v) is 5.10. The molecule has 1 aliphatic heterocycles. The highest BCUT2D eigenvalue weighted by Gasteiger charge is 2.21. The first-order valence-corrected chi connectivity index (χ1v) is 6.45. The summed E-state index contributed by atoms with van der Waals surface area (Å²) in [5, 5.41) is 0. The maximum absolute atomic E-state index is 12.0. The first-order chi connectivity index (χ1) is 8.16. The van der Waals surface area contributed by atoms with E-state index >= 15 is 0 Å². The fourth-order valence-electron chi connectivity index (χ4n) is 1.87. The van der Waals surface area contributed by atoms with Gasteiger partial charge in [0.25, 0.3) is 5.91 Å². The molecule has 1 amide bonds. The summed E-state index contributed by atoms with van der Waals surface area (Å²) >= 11 is 3.30. The first kappa shape index (κ1) is 12.5. The lowest BCUT2D eigenvalue weighted by atomic mass is 10.2. The van der Waals surface area contributed by atoms with Crippen molar-refractivity contribution in [3.8, 4) is 0 Å². The molecule has 0 saturated carbocycles. The third-order valence-corrected chi connectivity index (χ3v) is 3.26. The molecule has 1 unspecified atom stereocenters. The van der Waals surface area contributed by atoms with Crippen molar-refractivity contribution in [3.05, 3.63) is 28.5 Å². The van der Waals surface area contributed by atoms with E-state index < -0.39 is 0 Å². The number of pyridine rings is 1. The van der Waals surface area contributed by atoms with E-state index in [9.17, 15) is 4.79 Å². The van der Waals surface area contributed by atoms with E-state index in [-0.39, 0.29) is 12.0 Å². The van der Waals surface area contributed by atoms with E-state index in [0.29, 0.717) is 12.2 Å². The quantitative estimate of drug-likeness (QED) is 0.858. The predicted octanol–water partition coefficient (Wildman–Crippen LogP) is 2.10. The molecule has 4 nitrogen and oxygen atoms in total. The van der Waals surface area contributed by atoms with Gasteiger partial charge in [0.2, 0.25) is 0 Å². The van der Waals surface area contributed by atoms with Gasteiger partial charge in [-0.3, -0.25) is 4.79 Å². The molecule has 17 heavy (non-hydrogen) atoms. The van der Waals surface area contributed by atoms with Crippen molar-refractivity contribution >= 4 is 21.8 Å². The highest BCUT2D eigenvalue weighted by Crippen LogP contribution is 2.14. The van der Waals surface area contributed by atoms with Crippen LogP contribution in [0.15, 0.2) is 22.8 Å². The van der Waals surface area contributed by atoms with Gasteiger partial charge < -0.3 is 9.64 Å². The molecule has 1 saturated heterocycles. The van der Waals surface area contributed by atoms with E-state index in [1.54, 1.807) is 24.2 Å². The maximum Gasteiger partial charge on any atom is 0.272 e. The van der Waals surface area contributed by atoms with Crippen molar-refractivity contribution in [2.75, 3.05) is 20.2 Å². The molecule has 0 radical (unpaired) electrons. The largest absolute Gasteiger partial charge is 0.376 e. The normalized spacial score (nSPS) is 19.3. The molecule has 0 aromatic carbocycles. The van der Waals surface area contributed by atoms with Crippen molar-refractivity contribution in [1.29, 1.82) is 0 Å². The van der Waals surface area contributed by atoms with Gasteiger partial charge >= 0.3 is 0 Å². The Morgan fingerprint density at radius 1 is 1.65 bits per heavy atom. The molecule has 92 valence electrons. The number of rotatable bonds is 3. The zero-order valence-electron chi connectivity index (χ0n) is 9.73. The van der Waals surface area contributed by atoms with Gasteiger partial charge in [-0.15, -0.1) is 0 Å². The van der Waals surface area contributed by atoms with E-state index in [1.807, 2.05) is 6.07 Å². The number of amides is 1. The zero-order chi connectivity index (χ0) is 12.3. The van der Waals surface area contributed by atoms with Gasteiger partial charge in [0, 0.05) is 30.9 Å². The lowest BCUT2D eigenvalue weighted by molar-refractivity contribution is 0.0583. The van der Waals surface area contributed by atoms with Crippen molar-refractivity contribution in [3.63, 3.8) is 0 Å². The molecule has 2 rings (SSSR count). The molecule has 2 heterocycles. The highest BCUT2D eigenvalue weighted by atomic mass is 79.9. The minimum absolute atomic E-state index is 0.0620. The van der Waals surface area contributed by atoms with Crippen LogP contribution in [0.3, 0.4) is 0 Å². The lowest BCUT2D eigenvalue weighted by Crippen LogP contribution is -2.34. The Morgan fingerprint density at radius 2 is 2.47 bits per heavy atom. The van der Waals surface area contributed by atoms with Gasteiger partial charge in [-0.1, -0.05) is 0 Å². The van der Waals surface area contributed by atoms with E-state index in [2.05, 4.69) is 20.9 Å². The fraction of sp³-hybridized carbons (Fsp3) is 0.500. The molecule has 0 bridgehead atoms. The van der Waals surface area contributed by atoms with Crippen LogP contribution in [-0.2, 0) is 4.74 Å². The summed E-state index contributed by atoms with van der Waals surface area (Å²) in [6.45, 7) is 1.44. The van der Waals surface area contributed by atoms with Crippen LogP contribution in [0.5, 0.6) is 0 Å². The Kier molecular flexibility index (Phi) is 4.12. The van der Waals surface area contributed by atoms with Crippen LogP contribution in [0.25, 0.3) is 0 Å². The molecule has 1 aliphatic rings. The van der Waals surface area contributed by atoms with E-state index in [0.717, 1.165) is 23.9 Å². The average Bonchev–Trinajstić information content (AvgIpc) is 2.82. The van der Waals surface area contributed by atoms with Crippen LogP contribution < -0.4 is 0 Å². The Bertz CT molecular complexity index is 388. The molecule has 5 heteroatoms. The van der Waals surface area contributed by atoms with Crippen LogP contribution >= 0.6 is 15.9 Å². The van der Waals surface area contributed by atoms with E-state index in [4.69, 9.17) is 4.74 Å². The predicted molar refractivity (Wildman–Crippen MR) is 67.9 cm³/mol. The third kappa shape index (κ3) is 3.26. The summed E-state index contributed by atoms with van der Waals surface area (Å²) in [6, 6.07) is 3.54. The smallest absolute Gasteiger partial charge is 0.272 e. The number of halogens is 1. The van der Waals surface area contributed by atoms with Crippen LogP contribution in [0.2, 0.25) is 0 Å². The summed E-state index contributed by atoms with van der Waals surface area (Å²) in [7, 11) is 1.79. The third-order valence-electron chi connectivity index (χ3n) is 2.79. The number of likely N-dealkylation sites (N-methyl/N-ethyl adjacent to an activating group) is 1. The molecule has 1 atom stereocenters. The van der Waals surface area contributed by atoms with Crippen molar-refractivity contribution in [1.82, 2.24) is 9.88 Å². The van der Waals surface area contributed by atoms with Crippen LogP contribution in [-0.4, -0.2) is 42.1 Å². The van der Waals surface area contributed by atoms with Gasteiger partial charge in [-0.25, -0.2) is 4.98 Å². The summed E-state index contributed by atoms with van der Waals surface area (Å²) in [5.41, 5.74) is 0.466. The highest BCUT2D eigenvalue weighted by molar-refractivity contribution is 9.10. The molecule has 1 aromatic heterocycles. The molecule has 1 aromatic rings. The van der Waals surface area contributed by atoms with Gasteiger partial charge in [-0.05, 0) is 40.9 Å². The second-order valence-electron chi connectivity index (χ2n) is 4.18. The Balaban J connectivity index is 1.96. The number of hydrogen-bond acceptors (Lipinski definition) is 3. The number of nitrogens with zero attached hydrogens (tertiary/aromatic N) is 2. The minimum atomic E-state index is -0.0620. The van der Waals surface area contributed by atoms with Crippen LogP contribution in [0.1, 0.15) is 23.3 Å². The molecular formula is C12H15BrN2O2. The second kappa shape index (κ2) is 5.60. The maximum atomic E-state index is 12.0. The van der Waals surface area contributed by atoms with E-state index in [1.165, 1.54) is 0 Å². The van der Waals surface area contributed by atoms with Crippen molar-refractivity contribution in [2.24, 2.45) is 0 Å².